The van der Waals surface area contributed by atoms with Crippen LogP contribution < -0.4 is 5.56 Å². The van der Waals surface area contributed by atoms with Gasteiger partial charge in [0.15, 0.2) is 0 Å². The molecule has 0 unspecified atom stereocenters. The van der Waals surface area contributed by atoms with Crippen LogP contribution in [0.1, 0.15) is 18.3 Å². The number of nitrogens with zero attached hydrogens (tertiary/aromatic N) is 2. The lowest BCUT2D eigenvalue weighted by atomic mass is 10.0. The standard InChI is InChI=1S/C16H15N3O/c1-3-14-18-15(10(2)16(20)19-14)12-6-4-5-11-7-8-17-9-13(11)12/h4-9H,3H2,1-2H3,(H,18,19,20). The normalized spacial score (nSPS) is 10.9. The van der Waals surface area contributed by atoms with Crippen LogP contribution in [0.3, 0.4) is 0 Å². The highest BCUT2D eigenvalue weighted by Gasteiger charge is 2.11. The van der Waals surface area contributed by atoms with Crippen molar-refractivity contribution in [1.29, 1.82) is 0 Å². The third-order valence-electron chi connectivity index (χ3n) is 3.47. The lowest BCUT2D eigenvalue weighted by Gasteiger charge is -2.09. The van der Waals surface area contributed by atoms with Crippen LogP contribution in [0.25, 0.3) is 22.0 Å². The van der Waals surface area contributed by atoms with Gasteiger partial charge in [0.2, 0.25) is 0 Å². The molecule has 3 aromatic rings. The number of aryl methyl sites for hydroxylation is 1. The second-order valence-corrected chi connectivity index (χ2v) is 4.74. The summed E-state index contributed by atoms with van der Waals surface area (Å²) in [5.41, 5.74) is 2.25. The molecule has 0 saturated carbocycles. The van der Waals surface area contributed by atoms with Crippen LogP contribution in [0.4, 0.5) is 0 Å². The van der Waals surface area contributed by atoms with Crippen molar-refractivity contribution < 1.29 is 0 Å². The minimum atomic E-state index is -0.0762. The average Bonchev–Trinajstić information content (AvgIpc) is 2.49. The number of aromatic nitrogens is 3. The fraction of sp³-hybridized carbons (Fsp3) is 0.188. The molecule has 0 radical (unpaired) electrons. The molecule has 0 fully saturated rings. The summed E-state index contributed by atoms with van der Waals surface area (Å²) in [5, 5.41) is 2.11. The Balaban J connectivity index is 2.36. The summed E-state index contributed by atoms with van der Waals surface area (Å²) in [6.45, 7) is 3.78. The van der Waals surface area contributed by atoms with E-state index in [1.165, 1.54) is 0 Å². The van der Waals surface area contributed by atoms with E-state index >= 15 is 0 Å². The van der Waals surface area contributed by atoms with Gasteiger partial charge in [0, 0.05) is 35.3 Å². The van der Waals surface area contributed by atoms with E-state index in [1.54, 1.807) is 13.1 Å². The summed E-state index contributed by atoms with van der Waals surface area (Å²) >= 11 is 0. The minimum absolute atomic E-state index is 0.0762. The molecule has 0 aliphatic rings. The molecule has 3 rings (SSSR count). The van der Waals surface area contributed by atoms with Crippen molar-refractivity contribution in [3.05, 3.63) is 58.4 Å². The first-order valence-electron chi connectivity index (χ1n) is 6.63. The van der Waals surface area contributed by atoms with E-state index < -0.39 is 0 Å². The Morgan fingerprint density at radius 3 is 2.90 bits per heavy atom. The van der Waals surface area contributed by atoms with Crippen LogP contribution >= 0.6 is 0 Å². The van der Waals surface area contributed by atoms with E-state index in [-0.39, 0.29) is 5.56 Å². The summed E-state index contributed by atoms with van der Waals surface area (Å²) in [6, 6.07) is 7.95. The van der Waals surface area contributed by atoms with Crippen LogP contribution in [0, 0.1) is 6.92 Å². The Morgan fingerprint density at radius 1 is 1.25 bits per heavy atom. The van der Waals surface area contributed by atoms with Crippen molar-refractivity contribution in [3.63, 3.8) is 0 Å². The van der Waals surface area contributed by atoms with Gasteiger partial charge in [-0.3, -0.25) is 9.78 Å². The van der Waals surface area contributed by atoms with Crippen LogP contribution in [-0.4, -0.2) is 15.0 Å². The maximum atomic E-state index is 12.0. The van der Waals surface area contributed by atoms with Crippen molar-refractivity contribution in [2.45, 2.75) is 20.3 Å². The average molecular weight is 265 g/mol. The van der Waals surface area contributed by atoms with E-state index in [0.29, 0.717) is 17.8 Å². The smallest absolute Gasteiger partial charge is 0.254 e. The van der Waals surface area contributed by atoms with Gasteiger partial charge in [0.05, 0.1) is 5.69 Å². The fourth-order valence-electron chi connectivity index (χ4n) is 2.33. The summed E-state index contributed by atoms with van der Waals surface area (Å²) in [5.74, 6) is 0.705. The molecule has 0 amide bonds. The van der Waals surface area contributed by atoms with Gasteiger partial charge < -0.3 is 4.98 Å². The largest absolute Gasteiger partial charge is 0.310 e. The van der Waals surface area contributed by atoms with Gasteiger partial charge in [0.25, 0.3) is 5.56 Å². The number of hydrogen-bond donors (Lipinski definition) is 1. The number of fused-ring (bicyclic) bond motifs is 1. The lowest BCUT2D eigenvalue weighted by molar-refractivity contribution is 0.912. The molecular formula is C16H15N3O. The Hall–Kier alpha value is -2.49. The highest BCUT2D eigenvalue weighted by Crippen LogP contribution is 2.27. The summed E-state index contributed by atoms with van der Waals surface area (Å²) in [7, 11) is 0. The molecule has 4 nitrogen and oxygen atoms in total. The molecule has 0 spiro atoms. The van der Waals surface area contributed by atoms with Crippen molar-refractivity contribution in [2.24, 2.45) is 0 Å². The lowest BCUT2D eigenvalue weighted by Crippen LogP contribution is -2.15. The number of rotatable bonds is 2. The quantitative estimate of drug-likeness (QED) is 0.775. The Labute approximate surface area is 116 Å². The molecular weight excluding hydrogens is 250 g/mol. The fourth-order valence-corrected chi connectivity index (χ4v) is 2.33. The third-order valence-corrected chi connectivity index (χ3v) is 3.47. The van der Waals surface area contributed by atoms with Crippen LogP contribution in [0.2, 0.25) is 0 Å². The highest BCUT2D eigenvalue weighted by molar-refractivity contribution is 5.95. The second kappa shape index (κ2) is 4.89. The van der Waals surface area contributed by atoms with Gasteiger partial charge in [-0.1, -0.05) is 25.1 Å². The van der Waals surface area contributed by atoms with Crippen LogP contribution in [0.5, 0.6) is 0 Å². The number of nitrogens with one attached hydrogen (secondary N) is 1. The predicted octanol–water partition coefficient (Wildman–Crippen LogP) is 2.86. The monoisotopic (exact) mass is 265 g/mol. The Bertz CT molecular complexity index is 831. The SMILES string of the molecule is CCc1nc(-c2cccc3ccncc23)c(C)c(=O)[nH]1. The zero-order valence-corrected chi connectivity index (χ0v) is 11.5. The Morgan fingerprint density at radius 2 is 2.10 bits per heavy atom. The van der Waals surface area contributed by atoms with Crippen LogP contribution in [-0.2, 0) is 6.42 Å². The minimum Gasteiger partial charge on any atom is -0.310 e. The molecule has 1 aromatic carbocycles. The molecule has 100 valence electrons. The predicted molar refractivity (Wildman–Crippen MR) is 79.7 cm³/mol. The molecule has 4 heteroatoms. The summed E-state index contributed by atoms with van der Waals surface area (Å²) in [6.07, 6.45) is 4.28. The van der Waals surface area contributed by atoms with E-state index in [9.17, 15) is 4.79 Å². The van der Waals surface area contributed by atoms with Gasteiger partial charge in [0.1, 0.15) is 5.82 Å². The number of aromatic amines is 1. The van der Waals surface area contributed by atoms with Gasteiger partial charge in [-0.2, -0.15) is 0 Å². The molecule has 1 N–H and O–H groups in total. The van der Waals surface area contributed by atoms with Crippen molar-refractivity contribution >= 4 is 10.8 Å². The molecule has 0 saturated heterocycles. The first kappa shape index (κ1) is 12.5. The maximum Gasteiger partial charge on any atom is 0.254 e. The number of pyridine rings is 1. The maximum absolute atomic E-state index is 12.0. The molecule has 0 bridgehead atoms. The number of hydrogen-bond acceptors (Lipinski definition) is 3. The topological polar surface area (TPSA) is 58.6 Å². The van der Waals surface area contributed by atoms with Gasteiger partial charge in [-0.05, 0) is 18.4 Å². The molecule has 0 aliphatic carbocycles. The summed E-state index contributed by atoms with van der Waals surface area (Å²) in [4.78, 5) is 23.6. The molecule has 2 aromatic heterocycles. The van der Waals surface area contributed by atoms with Gasteiger partial charge in [-0.15, -0.1) is 0 Å². The van der Waals surface area contributed by atoms with E-state index in [1.807, 2.05) is 37.4 Å². The first-order chi connectivity index (χ1) is 9.70. The number of H-pyrrole nitrogens is 1. The first-order valence-corrected chi connectivity index (χ1v) is 6.63. The van der Waals surface area contributed by atoms with Crippen molar-refractivity contribution in [1.82, 2.24) is 15.0 Å². The molecule has 20 heavy (non-hydrogen) atoms. The highest BCUT2D eigenvalue weighted by atomic mass is 16.1. The molecule has 0 aliphatic heterocycles. The third kappa shape index (κ3) is 1.99. The van der Waals surface area contributed by atoms with Gasteiger partial charge >= 0.3 is 0 Å². The van der Waals surface area contributed by atoms with E-state index in [4.69, 9.17) is 0 Å². The summed E-state index contributed by atoms with van der Waals surface area (Å²) < 4.78 is 0. The second-order valence-electron chi connectivity index (χ2n) is 4.74. The van der Waals surface area contributed by atoms with Crippen molar-refractivity contribution in [3.8, 4) is 11.3 Å². The molecule has 0 atom stereocenters. The van der Waals surface area contributed by atoms with E-state index in [2.05, 4.69) is 15.0 Å². The van der Waals surface area contributed by atoms with Gasteiger partial charge in [-0.25, -0.2) is 4.98 Å². The van der Waals surface area contributed by atoms with Crippen LogP contribution in [0.15, 0.2) is 41.5 Å². The molecule has 2 heterocycles. The number of benzene rings is 1. The zero-order valence-electron chi connectivity index (χ0n) is 11.5. The zero-order chi connectivity index (χ0) is 14.1. The van der Waals surface area contributed by atoms with E-state index in [0.717, 1.165) is 22.0 Å². The van der Waals surface area contributed by atoms with Crippen molar-refractivity contribution in [2.75, 3.05) is 0 Å². The Kier molecular flexibility index (Phi) is 3.06.